The van der Waals surface area contributed by atoms with Crippen molar-refractivity contribution in [1.29, 1.82) is 0 Å². The number of hydrogen-bond acceptors (Lipinski definition) is 7. The van der Waals surface area contributed by atoms with E-state index in [1.807, 2.05) is 0 Å². The van der Waals surface area contributed by atoms with Crippen LogP contribution in [0.2, 0.25) is 0 Å². The van der Waals surface area contributed by atoms with E-state index in [1.54, 1.807) is 6.07 Å². The zero-order valence-electron chi connectivity index (χ0n) is 11.6. The molecule has 0 aliphatic carbocycles. The molecule has 1 aliphatic rings. The number of nitrogens with zero attached hydrogens (tertiary/aromatic N) is 2. The average molecular weight is 308 g/mol. The molecular formula is C13H16N4O3S. The third kappa shape index (κ3) is 2.91. The maximum absolute atomic E-state index is 12.2. The molecule has 1 fully saturated rings. The molecule has 1 atom stereocenters. The van der Waals surface area contributed by atoms with Crippen LogP contribution < -0.4 is 15.8 Å². The zero-order valence-corrected chi connectivity index (χ0v) is 12.4. The molecule has 112 valence electrons. The Kier molecular flexibility index (Phi) is 3.89. The number of nitrogens with one attached hydrogen (secondary N) is 1. The van der Waals surface area contributed by atoms with Gasteiger partial charge in [0, 0.05) is 13.2 Å². The molecule has 7 nitrogen and oxygen atoms in total. The maximum atomic E-state index is 12.2. The van der Waals surface area contributed by atoms with Crippen LogP contribution in [0.5, 0.6) is 5.88 Å². The van der Waals surface area contributed by atoms with Gasteiger partial charge < -0.3 is 20.5 Å². The van der Waals surface area contributed by atoms with Crippen LogP contribution in [-0.2, 0) is 4.74 Å². The summed E-state index contributed by atoms with van der Waals surface area (Å²) in [5, 5.41) is 3.57. The fraction of sp³-hybridized carbons (Fsp3) is 0.462. The quantitative estimate of drug-likeness (QED) is 0.880. The summed E-state index contributed by atoms with van der Waals surface area (Å²) in [7, 11) is 1.51. The lowest BCUT2D eigenvalue weighted by Gasteiger charge is -2.09. The number of aromatic nitrogens is 2. The fourth-order valence-corrected chi connectivity index (χ4v) is 3.22. The number of fused-ring (bicyclic) bond motifs is 1. The van der Waals surface area contributed by atoms with Crippen molar-refractivity contribution in [2.75, 3.05) is 26.0 Å². The monoisotopic (exact) mass is 308 g/mol. The number of rotatable bonds is 4. The van der Waals surface area contributed by atoms with Crippen LogP contribution in [0.4, 0.5) is 5.95 Å². The van der Waals surface area contributed by atoms with Gasteiger partial charge in [-0.15, -0.1) is 11.3 Å². The summed E-state index contributed by atoms with van der Waals surface area (Å²) >= 11 is 1.27. The maximum Gasteiger partial charge on any atom is 0.261 e. The van der Waals surface area contributed by atoms with Crippen LogP contribution in [0.25, 0.3) is 10.2 Å². The summed E-state index contributed by atoms with van der Waals surface area (Å²) in [6.07, 6.45) is 2.16. The molecule has 3 rings (SSSR count). The molecule has 3 N–H and O–H groups in total. The second-order valence-corrected chi connectivity index (χ2v) is 5.80. The third-order valence-corrected chi connectivity index (χ3v) is 4.33. The molecule has 1 amide bonds. The van der Waals surface area contributed by atoms with Gasteiger partial charge in [0.25, 0.3) is 5.91 Å². The molecule has 1 aliphatic heterocycles. The molecule has 0 unspecified atom stereocenters. The van der Waals surface area contributed by atoms with E-state index in [1.165, 1.54) is 18.4 Å². The Bertz CT molecular complexity index is 667. The smallest absolute Gasteiger partial charge is 0.261 e. The van der Waals surface area contributed by atoms with Crippen LogP contribution in [0, 0.1) is 0 Å². The van der Waals surface area contributed by atoms with E-state index in [0.29, 0.717) is 27.5 Å². The Morgan fingerprint density at radius 3 is 3.19 bits per heavy atom. The summed E-state index contributed by atoms with van der Waals surface area (Å²) in [4.78, 5) is 21.5. The normalized spacial score (nSPS) is 18.0. The number of anilines is 1. The summed E-state index contributed by atoms with van der Waals surface area (Å²) < 4.78 is 10.6. The summed E-state index contributed by atoms with van der Waals surface area (Å²) in [6, 6.07) is 1.73. The van der Waals surface area contributed by atoms with Crippen molar-refractivity contribution in [3.05, 3.63) is 10.9 Å². The second-order valence-electron chi connectivity index (χ2n) is 4.77. The van der Waals surface area contributed by atoms with Gasteiger partial charge in [0.15, 0.2) is 0 Å². The SMILES string of the molecule is COc1nc(N)nc2sc(C(=O)NC[C@@H]3CCCO3)cc12. The molecule has 21 heavy (non-hydrogen) atoms. The van der Waals surface area contributed by atoms with Gasteiger partial charge in [-0.25, -0.2) is 4.98 Å². The fourth-order valence-electron chi connectivity index (χ4n) is 2.28. The number of nitrogens with two attached hydrogens (primary N) is 1. The zero-order chi connectivity index (χ0) is 14.8. The molecule has 0 radical (unpaired) electrons. The Hall–Kier alpha value is -1.93. The predicted octanol–water partition coefficient (Wildman–Crippen LogP) is 1.19. The van der Waals surface area contributed by atoms with E-state index in [2.05, 4.69) is 15.3 Å². The topological polar surface area (TPSA) is 99.4 Å². The van der Waals surface area contributed by atoms with Gasteiger partial charge in [-0.2, -0.15) is 4.98 Å². The Morgan fingerprint density at radius 1 is 1.62 bits per heavy atom. The number of thiophene rings is 1. The van der Waals surface area contributed by atoms with E-state index in [9.17, 15) is 4.79 Å². The first-order valence-corrected chi connectivity index (χ1v) is 7.50. The van der Waals surface area contributed by atoms with Gasteiger partial charge in [-0.05, 0) is 18.9 Å². The number of carbonyl (C=O) groups excluding carboxylic acids is 1. The molecule has 8 heteroatoms. The van der Waals surface area contributed by atoms with E-state index in [0.717, 1.165) is 19.4 Å². The second kappa shape index (κ2) is 5.82. The van der Waals surface area contributed by atoms with Gasteiger partial charge in [0.2, 0.25) is 11.8 Å². The lowest BCUT2D eigenvalue weighted by Crippen LogP contribution is -2.31. The Labute approximate surface area is 125 Å². The van der Waals surface area contributed by atoms with Crippen molar-refractivity contribution in [2.24, 2.45) is 0 Å². The summed E-state index contributed by atoms with van der Waals surface area (Å²) in [6.45, 7) is 1.30. The first-order valence-electron chi connectivity index (χ1n) is 6.68. The van der Waals surface area contributed by atoms with E-state index < -0.39 is 0 Å². The minimum absolute atomic E-state index is 0.119. The minimum atomic E-state index is -0.144. The lowest BCUT2D eigenvalue weighted by molar-refractivity contribution is 0.0861. The average Bonchev–Trinajstić information content (AvgIpc) is 3.12. The Morgan fingerprint density at radius 2 is 2.48 bits per heavy atom. The highest BCUT2D eigenvalue weighted by Gasteiger charge is 2.19. The van der Waals surface area contributed by atoms with Crippen molar-refractivity contribution in [3.8, 4) is 5.88 Å². The number of nitrogen functional groups attached to an aromatic ring is 1. The molecule has 2 aromatic heterocycles. The van der Waals surface area contributed by atoms with Crippen LogP contribution in [0.1, 0.15) is 22.5 Å². The summed E-state index contributed by atoms with van der Waals surface area (Å²) in [5.41, 5.74) is 5.61. The highest BCUT2D eigenvalue weighted by Crippen LogP contribution is 2.30. The van der Waals surface area contributed by atoms with Crippen LogP contribution in [0.15, 0.2) is 6.07 Å². The van der Waals surface area contributed by atoms with E-state index in [4.69, 9.17) is 15.2 Å². The molecule has 2 aromatic rings. The number of methoxy groups -OCH3 is 1. The summed E-state index contributed by atoms with van der Waals surface area (Å²) in [5.74, 6) is 0.369. The standard InChI is InChI=1S/C13H16N4O3S/c1-19-11-8-5-9(21-12(8)17-13(14)16-11)10(18)15-6-7-3-2-4-20-7/h5,7H,2-4,6H2,1H3,(H,15,18)(H2,14,16,17)/t7-/m0/s1. The van der Waals surface area contributed by atoms with Crippen molar-refractivity contribution < 1.29 is 14.3 Å². The van der Waals surface area contributed by atoms with Crippen LogP contribution in [-0.4, -0.2) is 42.2 Å². The van der Waals surface area contributed by atoms with Gasteiger partial charge in [-0.1, -0.05) is 0 Å². The van der Waals surface area contributed by atoms with Crippen molar-refractivity contribution in [1.82, 2.24) is 15.3 Å². The molecule has 0 bridgehead atoms. The highest BCUT2D eigenvalue weighted by atomic mass is 32.1. The van der Waals surface area contributed by atoms with Crippen molar-refractivity contribution in [3.63, 3.8) is 0 Å². The first-order chi connectivity index (χ1) is 10.2. The third-order valence-electron chi connectivity index (χ3n) is 3.31. The highest BCUT2D eigenvalue weighted by molar-refractivity contribution is 7.20. The lowest BCUT2D eigenvalue weighted by atomic mass is 10.2. The molecular weight excluding hydrogens is 292 g/mol. The first kappa shape index (κ1) is 14.0. The number of carbonyl (C=O) groups is 1. The van der Waals surface area contributed by atoms with Gasteiger partial charge >= 0.3 is 0 Å². The molecule has 0 saturated carbocycles. The molecule has 1 saturated heterocycles. The van der Waals surface area contributed by atoms with Gasteiger partial charge in [-0.3, -0.25) is 4.79 Å². The largest absolute Gasteiger partial charge is 0.480 e. The van der Waals surface area contributed by atoms with Crippen LogP contribution >= 0.6 is 11.3 Å². The number of hydrogen-bond donors (Lipinski definition) is 2. The number of amides is 1. The van der Waals surface area contributed by atoms with Gasteiger partial charge in [0.05, 0.1) is 23.5 Å². The van der Waals surface area contributed by atoms with Crippen molar-refractivity contribution >= 4 is 33.4 Å². The number of ether oxygens (including phenoxy) is 2. The van der Waals surface area contributed by atoms with E-state index in [-0.39, 0.29) is 18.0 Å². The minimum Gasteiger partial charge on any atom is -0.480 e. The van der Waals surface area contributed by atoms with Crippen LogP contribution in [0.3, 0.4) is 0 Å². The molecule has 0 spiro atoms. The molecule has 0 aromatic carbocycles. The van der Waals surface area contributed by atoms with Crippen molar-refractivity contribution in [2.45, 2.75) is 18.9 Å². The van der Waals surface area contributed by atoms with Gasteiger partial charge in [0.1, 0.15) is 4.83 Å². The predicted molar refractivity (Wildman–Crippen MR) is 79.7 cm³/mol. The molecule has 3 heterocycles. The van der Waals surface area contributed by atoms with E-state index >= 15 is 0 Å². The Balaban J connectivity index is 1.78.